The summed E-state index contributed by atoms with van der Waals surface area (Å²) >= 11 is 1.40. The molecule has 1 amide bonds. The highest BCUT2D eigenvalue weighted by molar-refractivity contribution is 7.98. The second kappa shape index (κ2) is 8.55. The van der Waals surface area contributed by atoms with Crippen LogP contribution in [0.4, 0.5) is 8.78 Å². The van der Waals surface area contributed by atoms with Crippen LogP contribution in [0.25, 0.3) is 0 Å². The molecular formula is C27H24F2N4O4S. The van der Waals surface area contributed by atoms with Crippen molar-refractivity contribution in [1.82, 2.24) is 14.5 Å². The van der Waals surface area contributed by atoms with Gasteiger partial charge in [-0.3, -0.25) is 24.2 Å². The van der Waals surface area contributed by atoms with Crippen LogP contribution in [0, 0.1) is 11.6 Å². The number of amides is 1. The molecule has 4 aliphatic rings. The minimum Gasteiger partial charge on any atom is -0.502 e. The summed E-state index contributed by atoms with van der Waals surface area (Å²) < 4.78 is 31.2. The van der Waals surface area contributed by atoms with Crippen molar-refractivity contribution in [3.63, 3.8) is 0 Å². The predicted molar refractivity (Wildman–Crippen MR) is 135 cm³/mol. The van der Waals surface area contributed by atoms with Crippen LogP contribution in [0.3, 0.4) is 0 Å². The number of thioether (sulfide) groups is 1. The molecule has 38 heavy (non-hydrogen) atoms. The summed E-state index contributed by atoms with van der Waals surface area (Å²) in [5.41, 5.74) is 0.734. The Balaban J connectivity index is 1.51. The lowest BCUT2D eigenvalue weighted by atomic mass is 9.92. The van der Waals surface area contributed by atoms with E-state index >= 15 is 4.39 Å². The normalized spacial score (nSPS) is 26.2. The quantitative estimate of drug-likeness (QED) is 0.493. The van der Waals surface area contributed by atoms with Gasteiger partial charge >= 0.3 is 0 Å². The molecule has 0 radical (unpaired) electrons. The number of piperazine rings is 1. The number of carbonyl (C=O) groups is 1. The van der Waals surface area contributed by atoms with Crippen molar-refractivity contribution < 1.29 is 23.8 Å². The SMILES string of the molecule is O=C1c2c(O)c(=O)ccn2N([C@@H]2c3ccccc3SCc3c2ccc(F)c3F)[C@@H]2CN3C(O)CC[C@H]3CN12. The van der Waals surface area contributed by atoms with Crippen LogP contribution < -0.4 is 10.4 Å². The van der Waals surface area contributed by atoms with E-state index in [-0.39, 0.29) is 23.1 Å². The van der Waals surface area contributed by atoms with Gasteiger partial charge in [0.1, 0.15) is 12.4 Å². The van der Waals surface area contributed by atoms with Gasteiger partial charge in [-0.25, -0.2) is 8.78 Å². The van der Waals surface area contributed by atoms with Gasteiger partial charge < -0.3 is 15.1 Å². The summed E-state index contributed by atoms with van der Waals surface area (Å²) in [5.74, 6) is -2.78. The fourth-order valence-corrected chi connectivity index (χ4v) is 7.51. The van der Waals surface area contributed by atoms with E-state index in [4.69, 9.17) is 0 Å². The Morgan fingerprint density at radius 3 is 2.63 bits per heavy atom. The van der Waals surface area contributed by atoms with E-state index < -0.39 is 47.2 Å². The van der Waals surface area contributed by atoms with Crippen molar-refractivity contribution in [3.05, 3.63) is 92.9 Å². The highest BCUT2D eigenvalue weighted by atomic mass is 32.2. The van der Waals surface area contributed by atoms with Crippen molar-refractivity contribution in [1.29, 1.82) is 0 Å². The maximum absolute atomic E-state index is 15.3. The highest BCUT2D eigenvalue weighted by Gasteiger charge is 2.51. The molecule has 0 bridgehead atoms. The number of hydrogen-bond donors (Lipinski definition) is 2. The van der Waals surface area contributed by atoms with Crippen LogP contribution in [0.15, 0.2) is 58.4 Å². The monoisotopic (exact) mass is 538 g/mol. The third-order valence-corrected chi connectivity index (χ3v) is 9.32. The highest BCUT2D eigenvalue weighted by Crippen LogP contribution is 2.46. The molecule has 8 nitrogen and oxygen atoms in total. The van der Waals surface area contributed by atoms with E-state index in [1.807, 2.05) is 34.2 Å². The van der Waals surface area contributed by atoms with Gasteiger partial charge in [0.25, 0.3) is 5.91 Å². The van der Waals surface area contributed by atoms with Crippen molar-refractivity contribution >= 4 is 17.7 Å². The van der Waals surface area contributed by atoms with E-state index in [0.717, 1.165) is 16.5 Å². The summed E-state index contributed by atoms with van der Waals surface area (Å²) in [6, 6.07) is 10.7. The van der Waals surface area contributed by atoms with Crippen LogP contribution in [-0.4, -0.2) is 62.1 Å². The Labute approximate surface area is 220 Å². The van der Waals surface area contributed by atoms with Gasteiger partial charge in [-0.1, -0.05) is 24.3 Å². The fourth-order valence-electron chi connectivity index (χ4n) is 6.40. The molecule has 5 heterocycles. The number of rotatable bonds is 1. The number of fused-ring (bicyclic) bond motifs is 5. The van der Waals surface area contributed by atoms with Crippen molar-refractivity contribution in [2.24, 2.45) is 0 Å². The molecule has 3 aromatic rings. The van der Waals surface area contributed by atoms with Gasteiger partial charge in [0.2, 0.25) is 5.43 Å². The molecule has 0 spiro atoms. The zero-order valence-corrected chi connectivity index (χ0v) is 20.9. The molecule has 2 fully saturated rings. The summed E-state index contributed by atoms with van der Waals surface area (Å²) in [6.45, 7) is 0.599. The average Bonchev–Trinajstić information content (AvgIpc) is 3.19. The topological polar surface area (TPSA) is 89.2 Å². The van der Waals surface area contributed by atoms with E-state index in [0.29, 0.717) is 31.5 Å². The minimum absolute atomic E-state index is 0.0630. The maximum atomic E-state index is 15.3. The number of carbonyl (C=O) groups excluding carboxylic acids is 1. The van der Waals surface area contributed by atoms with Gasteiger partial charge in [0, 0.05) is 47.6 Å². The van der Waals surface area contributed by atoms with Gasteiger partial charge in [0.15, 0.2) is 23.1 Å². The van der Waals surface area contributed by atoms with E-state index in [1.165, 1.54) is 28.7 Å². The second-order valence-corrected chi connectivity index (χ2v) is 11.1. The van der Waals surface area contributed by atoms with Gasteiger partial charge in [-0.2, -0.15) is 0 Å². The number of pyridine rings is 1. The summed E-state index contributed by atoms with van der Waals surface area (Å²) in [5, 5.41) is 23.4. The van der Waals surface area contributed by atoms with Gasteiger partial charge in [-0.05, 0) is 36.1 Å². The lowest BCUT2D eigenvalue weighted by Gasteiger charge is -2.54. The summed E-state index contributed by atoms with van der Waals surface area (Å²) in [7, 11) is 0. The number of aliphatic hydroxyl groups is 1. The summed E-state index contributed by atoms with van der Waals surface area (Å²) in [4.78, 5) is 30.7. The summed E-state index contributed by atoms with van der Waals surface area (Å²) in [6.07, 6.45) is 1.45. The standard InChI is InChI=1S/C27H24F2N4O4S/c28-18-7-6-15-17(23(18)29)13-38-20-4-2-1-3-16(20)24(15)33-21-12-30-14(5-8-22(30)35)11-31(21)27(37)25-26(36)19(34)9-10-32(25)33/h1-4,6-7,9-10,14,21-22,24,35-36H,5,8,11-13H2/t14-,21+,22?,24-/m0/s1. The lowest BCUT2D eigenvalue weighted by molar-refractivity contribution is -0.0445. The molecule has 2 aromatic carbocycles. The number of aliphatic hydroxyl groups excluding tert-OH is 1. The minimum atomic E-state index is -0.938. The molecule has 7 rings (SSSR count). The smallest absolute Gasteiger partial charge is 0.278 e. The Kier molecular flexibility index (Phi) is 5.33. The fraction of sp³-hybridized carbons (Fsp3) is 0.333. The van der Waals surface area contributed by atoms with Crippen LogP contribution in [0.5, 0.6) is 5.75 Å². The molecule has 4 aliphatic heterocycles. The molecule has 0 saturated carbocycles. The Morgan fingerprint density at radius 1 is 0.974 bits per heavy atom. The largest absolute Gasteiger partial charge is 0.502 e. The van der Waals surface area contributed by atoms with E-state index in [1.54, 1.807) is 11.0 Å². The number of nitrogens with zero attached hydrogens (tertiary/aromatic N) is 4. The number of benzene rings is 2. The number of hydrogen-bond acceptors (Lipinski definition) is 7. The van der Waals surface area contributed by atoms with Crippen molar-refractivity contribution in [2.75, 3.05) is 18.1 Å². The van der Waals surface area contributed by atoms with Crippen molar-refractivity contribution in [3.8, 4) is 5.75 Å². The lowest BCUT2D eigenvalue weighted by Crippen LogP contribution is -2.70. The molecule has 1 aromatic heterocycles. The zero-order valence-electron chi connectivity index (χ0n) is 20.1. The molecule has 1 unspecified atom stereocenters. The first-order valence-electron chi connectivity index (χ1n) is 12.5. The molecule has 2 saturated heterocycles. The first kappa shape index (κ1) is 23.7. The molecule has 2 N–H and O–H groups in total. The maximum Gasteiger partial charge on any atom is 0.278 e. The molecular weight excluding hydrogens is 514 g/mol. The third kappa shape index (κ3) is 3.28. The first-order valence-corrected chi connectivity index (χ1v) is 13.5. The van der Waals surface area contributed by atoms with E-state index in [2.05, 4.69) is 0 Å². The van der Waals surface area contributed by atoms with Crippen LogP contribution in [0.1, 0.15) is 46.1 Å². The molecule has 11 heteroatoms. The number of halogens is 2. The van der Waals surface area contributed by atoms with E-state index in [9.17, 15) is 24.2 Å². The van der Waals surface area contributed by atoms with Crippen LogP contribution in [-0.2, 0) is 5.75 Å². The molecule has 196 valence electrons. The van der Waals surface area contributed by atoms with Crippen LogP contribution in [0.2, 0.25) is 0 Å². The number of aromatic nitrogens is 1. The van der Waals surface area contributed by atoms with Crippen molar-refractivity contribution in [2.45, 2.75) is 48.0 Å². The number of aromatic hydroxyl groups is 1. The first-order chi connectivity index (χ1) is 18.3. The Bertz CT molecular complexity index is 1550. The zero-order chi connectivity index (χ0) is 26.3. The van der Waals surface area contributed by atoms with Crippen LogP contribution >= 0.6 is 11.8 Å². The third-order valence-electron chi connectivity index (χ3n) is 8.20. The Hall–Kier alpha value is -3.41. The average molecular weight is 539 g/mol. The Morgan fingerprint density at radius 2 is 1.79 bits per heavy atom. The second-order valence-electron chi connectivity index (χ2n) is 10.1. The van der Waals surface area contributed by atoms with Gasteiger partial charge in [-0.15, -0.1) is 11.8 Å². The predicted octanol–water partition coefficient (Wildman–Crippen LogP) is 2.74. The van der Waals surface area contributed by atoms with Gasteiger partial charge in [0.05, 0.1) is 6.04 Å². The molecule has 0 aliphatic carbocycles. The molecule has 4 atom stereocenters.